The largest absolute Gasteiger partial charge is 0.393 e. The van der Waals surface area contributed by atoms with E-state index in [2.05, 4.69) is 11.6 Å². The van der Waals surface area contributed by atoms with Crippen molar-refractivity contribution < 1.29 is 13.3 Å². The summed E-state index contributed by atoms with van der Waals surface area (Å²) in [4.78, 5) is 10.0. The summed E-state index contributed by atoms with van der Waals surface area (Å²) in [5, 5.41) is 10.8. The lowest BCUT2D eigenvalue weighted by molar-refractivity contribution is -0.384. The lowest BCUT2D eigenvalue weighted by Crippen LogP contribution is -2.37. The van der Waals surface area contributed by atoms with Gasteiger partial charge in [-0.1, -0.05) is 6.92 Å². The minimum atomic E-state index is -3.76. The maximum absolute atomic E-state index is 12.3. The lowest BCUT2D eigenvalue weighted by atomic mass is 9.88. The Bertz CT molecular complexity index is 637. The first kappa shape index (κ1) is 15.7. The van der Waals surface area contributed by atoms with Gasteiger partial charge in [0.15, 0.2) is 0 Å². The van der Waals surface area contributed by atoms with Gasteiger partial charge < -0.3 is 5.73 Å². The molecule has 3 N–H and O–H groups in total. The molecule has 0 amide bonds. The number of nitrogens with one attached hydrogen (secondary N) is 1. The van der Waals surface area contributed by atoms with Crippen molar-refractivity contribution in [2.24, 2.45) is 5.92 Å². The van der Waals surface area contributed by atoms with Gasteiger partial charge in [0, 0.05) is 12.1 Å². The summed E-state index contributed by atoms with van der Waals surface area (Å²) in [6.45, 7) is 2.15. The maximum Gasteiger partial charge on any atom is 0.293 e. The van der Waals surface area contributed by atoms with Crippen LogP contribution in [0.15, 0.2) is 23.1 Å². The molecule has 0 spiro atoms. The zero-order valence-corrected chi connectivity index (χ0v) is 12.6. The molecule has 1 aliphatic carbocycles. The molecule has 0 atom stereocenters. The molecule has 0 unspecified atom stereocenters. The first-order valence-corrected chi connectivity index (χ1v) is 8.34. The molecule has 0 bridgehead atoms. The molecular weight excluding hydrogens is 294 g/mol. The number of sulfonamides is 1. The highest BCUT2D eigenvalue weighted by Gasteiger charge is 2.25. The molecule has 8 heteroatoms. The van der Waals surface area contributed by atoms with Crippen molar-refractivity contribution in [2.75, 3.05) is 5.73 Å². The average Bonchev–Trinajstić information content (AvgIpc) is 2.41. The number of nitrogens with zero attached hydrogens (tertiary/aromatic N) is 1. The smallest absolute Gasteiger partial charge is 0.293 e. The zero-order chi connectivity index (χ0) is 15.6. The molecule has 1 aromatic rings. The number of hydrogen-bond donors (Lipinski definition) is 2. The van der Waals surface area contributed by atoms with Gasteiger partial charge in [-0.2, -0.15) is 0 Å². The van der Waals surface area contributed by atoms with E-state index in [9.17, 15) is 18.5 Å². The Morgan fingerprint density at radius 3 is 2.48 bits per heavy atom. The van der Waals surface area contributed by atoms with Gasteiger partial charge >= 0.3 is 0 Å². The molecule has 0 saturated heterocycles. The predicted molar refractivity (Wildman–Crippen MR) is 79.3 cm³/mol. The van der Waals surface area contributed by atoms with Crippen LogP contribution in [0.2, 0.25) is 0 Å². The SMILES string of the molecule is CC1CCC(NS(=O)(=O)c2ccc(N)c([N+](=O)[O-])c2)CC1. The number of benzene rings is 1. The van der Waals surface area contributed by atoms with Crippen molar-refractivity contribution in [1.29, 1.82) is 0 Å². The van der Waals surface area contributed by atoms with Crippen LogP contribution >= 0.6 is 0 Å². The van der Waals surface area contributed by atoms with Gasteiger partial charge in [-0.05, 0) is 43.7 Å². The second kappa shape index (κ2) is 5.98. The van der Waals surface area contributed by atoms with Crippen LogP contribution in [0.5, 0.6) is 0 Å². The van der Waals surface area contributed by atoms with Crippen LogP contribution < -0.4 is 10.5 Å². The van der Waals surface area contributed by atoms with Crippen LogP contribution in [0, 0.1) is 16.0 Å². The van der Waals surface area contributed by atoms with E-state index in [-0.39, 0.29) is 16.6 Å². The third-order valence-corrected chi connectivity index (χ3v) is 5.36. The minimum Gasteiger partial charge on any atom is -0.393 e. The van der Waals surface area contributed by atoms with Gasteiger partial charge in [0.05, 0.1) is 9.82 Å². The summed E-state index contributed by atoms with van der Waals surface area (Å²) >= 11 is 0. The van der Waals surface area contributed by atoms with Crippen LogP contribution in [0.3, 0.4) is 0 Å². The van der Waals surface area contributed by atoms with E-state index < -0.39 is 20.6 Å². The molecule has 0 radical (unpaired) electrons. The average molecular weight is 313 g/mol. The Labute approximate surface area is 123 Å². The predicted octanol–water partition coefficient (Wildman–Crippen LogP) is 2.03. The molecule has 1 fully saturated rings. The molecule has 0 heterocycles. The monoisotopic (exact) mass is 313 g/mol. The minimum absolute atomic E-state index is 0.0505. The highest BCUT2D eigenvalue weighted by atomic mass is 32.2. The van der Waals surface area contributed by atoms with Crippen molar-refractivity contribution in [2.45, 2.75) is 43.5 Å². The number of nitro benzene ring substituents is 1. The third kappa shape index (κ3) is 3.70. The molecule has 1 saturated carbocycles. The first-order chi connectivity index (χ1) is 9.79. The standard InChI is InChI=1S/C13H19N3O4S/c1-9-2-4-10(5-3-9)15-21(19,20)11-6-7-12(14)13(8-11)16(17)18/h6-10,15H,2-5,14H2,1H3. The second-order valence-electron chi connectivity index (χ2n) is 5.56. The fourth-order valence-corrected chi connectivity index (χ4v) is 3.84. The number of nitrogen functional groups attached to an aromatic ring is 1. The molecule has 116 valence electrons. The highest BCUT2D eigenvalue weighted by Crippen LogP contribution is 2.27. The summed E-state index contributed by atoms with van der Waals surface area (Å²) in [5.41, 5.74) is 5.03. The van der Waals surface area contributed by atoms with Crippen molar-refractivity contribution in [1.82, 2.24) is 4.72 Å². The van der Waals surface area contributed by atoms with E-state index in [1.807, 2.05) is 0 Å². The van der Waals surface area contributed by atoms with E-state index >= 15 is 0 Å². The Kier molecular flexibility index (Phi) is 4.48. The Hall–Kier alpha value is -1.67. The van der Waals surface area contributed by atoms with E-state index in [0.29, 0.717) is 5.92 Å². The molecular formula is C13H19N3O4S. The van der Waals surface area contributed by atoms with Crippen LogP contribution in [-0.4, -0.2) is 19.4 Å². The third-order valence-electron chi connectivity index (χ3n) is 3.85. The summed E-state index contributed by atoms with van der Waals surface area (Å²) in [6, 6.07) is 3.43. The molecule has 1 aliphatic rings. The number of rotatable bonds is 4. The van der Waals surface area contributed by atoms with Crippen LogP contribution in [0.1, 0.15) is 32.6 Å². The fraction of sp³-hybridized carbons (Fsp3) is 0.538. The Balaban J connectivity index is 2.20. The van der Waals surface area contributed by atoms with Crippen molar-refractivity contribution >= 4 is 21.4 Å². The van der Waals surface area contributed by atoms with Gasteiger partial charge in [-0.25, -0.2) is 13.1 Å². The Morgan fingerprint density at radius 1 is 1.29 bits per heavy atom. The Morgan fingerprint density at radius 2 is 1.90 bits per heavy atom. The van der Waals surface area contributed by atoms with E-state index in [4.69, 9.17) is 5.73 Å². The number of nitrogens with two attached hydrogens (primary N) is 1. The summed E-state index contributed by atoms with van der Waals surface area (Å²) in [7, 11) is -3.76. The molecule has 7 nitrogen and oxygen atoms in total. The number of hydrogen-bond acceptors (Lipinski definition) is 5. The van der Waals surface area contributed by atoms with E-state index in [0.717, 1.165) is 31.7 Å². The van der Waals surface area contributed by atoms with E-state index in [1.165, 1.54) is 12.1 Å². The molecule has 21 heavy (non-hydrogen) atoms. The summed E-state index contributed by atoms with van der Waals surface area (Å²) < 4.78 is 27.2. The van der Waals surface area contributed by atoms with Gasteiger partial charge in [0.25, 0.3) is 5.69 Å². The molecule has 0 aromatic heterocycles. The zero-order valence-electron chi connectivity index (χ0n) is 11.8. The number of anilines is 1. The van der Waals surface area contributed by atoms with Crippen LogP contribution in [0.25, 0.3) is 0 Å². The maximum atomic E-state index is 12.3. The molecule has 0 aliphatic heterocycles. The quantitative estimate of drug-likeness (QED) is 0.501. The second-order valence-corrected chi connectivity index (χ2v) is 7.27. The van der Waals surface area contributed by atoms with Gasteiger partial charge in [0.2, 0.25) is 10.0 Å². The first-order valence-electron chi connectivity index (χ1n) is 6.86. The van der Waals surface area contributed by atoms with Gasteiger partial charge in [-0.3, -0.25) is 10.1 Å². The van der Waals surface area contributed by atoms with Crippen molar-refractivity contribution in [3.8, 4) is 0 Å². The van der Waals surface area contributed by atoms with Crippen LogP contribution in [-0.2, 0) is 10.0 Å². The highest BCUT2D eigenvalue weighted by molar-refractivity contribution is 7.89. The van der Waals surface area contributed by atoms with Crippen molar-refractivity contribution in [3.63, 3.8) is 0 Å². The topological polar surface area (TPSA) is 115 Å². The normalized spacial score (nSPS) is 22.9. The summed E-state index contributed by atoms with van der Waals surface area (Å²) in [6.07, 6.45) is 3.54. The lowest BCUT2D eigenvalue weighted by Gasteiger charge is -2.26. The van der Waals surface area contributed by atoms with Crippen molar-refractivity contribution in [3.05, 3.63) is 28.3 Å². The molecule has 2 rings (SSSR count). The van der Waals surface area contributed by atoms with E-state index in [1.54, 1.807) is 0 Å². The van der Waals surface area contributed by atoms with Crippen LogP contribution in [0.4, 0.5) is 11.4 Å². The molecule has 1 aromatic carbocycles. The van der Waals surface area contributed by atoms with Gasteiger partial charge in [0.1, 0.15) is 5.69 Å². The fourth-order valence-electron chi connectivity index (χ4n) is 2.51. The number of nitro groups is 1. The summed E-state index contributed by atoms with van der Waals surface area (Å²) in [5.74, 6) is 0.614. The van der Waals surface area contributed by atoms with Gasteiger partial charge in [-0.15, -0.1) is 0 Å².